The SMILES string of the molecule is COc1cccc(NC(=O)N2CCC3(CC2)OCCCO3)c1. The van der Waals surface area contributed by atoms with Gasteiger partial charge in [-0.15, -0.1) is 0 Å². The highest BCUT2D eigenvalue weighted by Crippen LogP contribution is 2.31. The number of carbonyl (C=O) groups excluding carboxylic acids is 1. The van der Waals surface area contributed by atoms with Gasteiger partial charge in [0.15, 0.2) is 5.79 Å². The van der Waals surface area contributed by atoms with Crippen molar-refractivity contribution in [1.29, 1.82) is 0 Å². The number of rotatable bonds is 2. The Morgan fingerprint density at radius 1 is 1.27 bits per heavy atom. The van der Waals surface area contributed by atoms with Crippen LogP contribution in [0.2, 0.25) is 0 Å². The molecule has 0 atom stereocenters. The maximum Gasteiger partial charge on any atom is 0.321 e. The van der Waals surface area contributed by atoms with Crippen molar-refractivity contribution in [2.45, 2.75) is 25.0 Å². The molecule has 1 aromatic rings. The molecule has 2 saturated heterocycles. The summed E-state index contributed by atoms with van der Waals surface area (Å²) in [5.41, 5.74) is 0.731. The van der Waals surface area contributed by atoms with Crippen LogP contribution >= 0.6 is 0 Å². The fourth-order valence-corrected chi connectivity index (χ4v) is 2.86. The van der Waals surface area contributed by atoms with Crippen molar-refractivity contribution in [3.8, 4) is 5.75 Å². The second-order valence-electron chi connectivity index (χ2n) is 5.61. The number of hydrogen-bond acceptors (Lipinski definition) is 4. The first-order valence-electron chi connectivity index (χ1n) is 7.69. The predicted molar refractivity (Wildman–Crippen MR) is 82.1 cm³/mol. The van der Waals surface area contributed by atoms with Crippen molar-refractivity contribution in [2.75, 3.05) is 38.7 Å². The summed E-state index contributed by atoms with van der Waals surface area (Å²) in [6, 6.07) is 7.25. The molecule has 1 spiro atoms. The minimum atomic E-state index is -0.467. The van der Waals surface area contributed by atoms with Crippen LogP contribution < -0.4 is 10.1 Å². The van der Waals surface area contributed by atoms with Crippen LogP contribution in [0.4, 0.5) is 10.5 Å². The Hall–Kier alpha value is -1.79. The molecule has 0 aliphatic carbocycles. The normalized spacial score (nSPS) is 20.7. The predicted octanol–water partition coefficient (Wildman–Crippen LogP) is 2.46. The van der Waals surface area contributed by atoms with Crippen LogP contribution in [0, 0.1) is 0 Å². The van der Waals surface area contributed by atoms with Crippen molar-refractivity contribution in [2.24, 2.45) is 0 Å². The fourth-order valence-electron chi connectivity index (χ4n) is 2.86. The molecule has 0 bridgehead atoms. The molecule has 2 heterocycles. The summed E-state index contributed by atoms with van der Waals surface area (Å²) >= 11 is 0. The number of hydrogen-bond donors (Lipinski definition) is 1. The van der Waals surface area contributed by atoms with Gasteiger partial charge < -0.3 is 24.4 Å². The highest BCUT2D eigenvalue weighted by molar-refractivity contribution is 5.89. The first kappa shape index (κ1) is 15.1. The molecule has 2 aliphatic heterocycles. The van der Waals surface area contributed by atoms with E-state index >= 15 is 0 Å². The number of anilines is 1. The van der Waals surface area contributed by atoms with E-state index in [0.717, 1.165) is 43.9 Å². The second-order valence-corrected chi connectivity index (χ2v) is 5.61. The minimum Gasteiger partial charge on any atom is -0.497 e. The minimum absolute atomic E-state index is 0.0982. The molecule has 0 radical (unpaired) electrons. The van der Waals surface area contributed by atoms with Crippen molar-refractivity contribution >= 4 is 11.7 Å². The lowest BCUT2D eigenvalue weighted by atomic mass is 10.0. The van der Waals surface area contributed by atoms with E-state index in [9.17, 15) is 4.79 Å². The van der Waals surface area contributed by atoms with Crippen molar-refractivity contribution < 1.29 is 19.0 Å². The monoisotopic (exact) mass is 306 g/mol. The molecular weight excluding hydrogens is 284 g/mol. The Morgan fingerprint density at radius 2 is 2.00 bits per heavy atom. The summed E-state index contributed by atoms with van der Waals surface area (Å²) in [4.78, 5) is 14.1. The van der Waals surface area contributed by atoms with Crippen LogP contribution in [0.15, 0.2) is 24.3 Å². The number of amides is 2. The number of carbonyl (C=O) groups is 1. The standard InChI is InChI=1S/C16H22N2O4/c1-20-14-5-2-4-13(12-14)17-15(19)18-8-6-16(7-9-18)21-10-3-11-22-16/h2,4-5,12H,3,6-11H2,1H3,(H,17,19). The molecule has 6 nitrogen and oxygen atoms in total. The highest BCUT2D eigenvalue weighted by Gasteiger charge is 2.39. The van der Waals surface area contributed by atoms with E-state index in [0.29, 0.717) is 13.1 Å². The summed E-state index contributed by atoms with van der Waals surface area (Å²) in [7, 11) is 1.61. The number of piperidine rings is 1. The van der Waals surface area contributed by atoms with Gasteiger partial charge in [-0.3, -0.25) is 0 Å². The van der Waals surface area contributed by atoms with Gasteiger partial charge in [0.25, 0.3) is 0 Å². The van der Waals surface area contributed by atoms with E-state index in [1.165, 1.54) is 0 Å². The number of benzene rings is 1. The number of likely N-dealkylation sites (tertiary alicyclic amines) is 1. The summed E-state index contributed by atoms with van der Waals surface area (Å²) in [6.45, 7) is 2.76. The lowest BCUT2D eigenvalue weighted by molar-refractivity contribution is -0.281. The quantitative estimate of drug-likeness (QED) is 0.912. The van der Waals surface area contributed by atoms with Gasteiger partial charge >= 0.3 is 6.03 Å². The Balaban J connectivity index is 1.55. The van der Waals surface area contributed by atoms with Gasteiger partial charge in [-0.2, -0.15) is 0 Å². The second kappa shape index (κ2) is 6.54. The van der Waals surface area contributed by atoms with Crippen molar-refractivity contribution in [3.05, 3.63) is 24.3 Å². The summed E-state index contributed by atoms with van der Waals surface area (Å²) in [5.74, 6) is 0.254. The zero-order valence-corrected chi connectivity index (χ0v) is 12.8. The summed E-state index contributed by atoms with van der Waals surface area (Å²) in [6.07, 6.45) is 2.39. The molecular formula is C16H22N2O4. The number of methoxy groups -OCH3 is 1. The zero-order valence-electron chi connectivity index (χ0n) is 12.8. The first-order valence-corrected chi connectivity index (χ1v) is 7.69. The van der Waals surface area contributed by atoms with E-state index in [-0.39, 0.29) is 6.03 Å². The van der Waals surface area contributed by atoms with E-state index < -0.39 is 5.79 Å². The van der Waals surface area contributed by atoms with E-state index in [1.54, 1.807) is 18.1 Å². The van der Waals surface area contributed by atoms with Gasteiger partial charge in [-0.1, -0.05) is 6.07 Å². The van der Waals surface area contributed by atoms with Gasteiger partial charge in [0.2, 0.25) is 0 Å². The van der Waals surface area contributed by atoms with Crippen LogP contribution in [-0.2, 0) is 9.47 Å². The van der Waals surface area contributed by atoms with Gasteiger partial charge in [0.05, 0.1) is 20.3 Å². The third-order valence-corrected chi connectivity index (χ3v) is 4.15. The smallest absolute Gasteiger partial charge is 0.321 e. The summed E-state index contributed by atoms with van der Waals surface area (Å²) in [5, 5.41) is 2.90. The molecule has 0 saturated carbocycles. The molecule has 2 amide bonds. The van der Waals surface area contributed by atoms with E-state index in [1.807, 2.05) is 18.2 Å². The Morgan fingerprint density at radius 3 is 2.68 bits per heavy atom. The Labute approximate surface area is 130 Å². The van der Waals surface area contributed by atoms with Crippen LogP contribution in [-0.4, -0.2) is 50.1 Å². The van der Waals surface area contributed by atoms with Crippen LogP contribution in [0.3, 0.4) is 0 Å². The third kappa shape index (κ3) is 3.34. The lowest BCUT2D eigenvalue weighted by Gasteiger charge is -2.43. The largest absolute Gasteiger partial charge is 0.497 e. The molecule has 1 aromatic carbocycles. The molecule has 6 heteroatoms. The molecule has 1 N–H and O–H groups in total. The van der Waals surface area contributed by atoms with Crippen LogP contribution in [0.5, 0.6) is 5.75 Å². The number of ether oxygens (including phenoxy) is 3. The Kier molecular flexibility index (Phi) is 4.49. The maximum absolute atomic E-state index is 12.3. The van der Waals surface area contributed by atoms with Crippen molar-refractivity contribution in [1.82, 2.24) is 4.90 Å². The number of nitrogens with zero attached hydrogens (tertiary/aromatic N) is 1. The molecule has 120 valence electrons. The molecule has 0 unspecified atom stereocenters. The van der Waals surface area contributed by atoms with Gasteiger partial charge in [-0.25, -0.2) is 4.79 Å². The zero-order chi connectivity index (χ0) is 15.4. The van der Waals surface area contributed by atoms with Gasteiger partial charge in [0.1, 0.15) is 5.75 Å². The molecule has 0 aromatic heterocycles. The van der Waals surface area contributed by atoms with Gasteiger partial charge in [-0.05, 0) is 18.6 Å². The Bertz CT molecular complexity index is 519. The molecule has 2 aliphatic rings. The lowest BCUT2D eigenvalue weighted by Crippen LogP contribution is -2.52. The van der Waals surface area contributed by atoms with E-state index in [4.69, 9.17) is 14.2 Å². The molecule has 2 fully saturated rings. The molecule has 3 rings (SSSR count). The van der Waals surface area contributed by atoms with E-state index in [2.05, 4.69) is 5.32 Å². The average molecular weight is 306 g/mol. The maximum atomic E-state index is 12.3. The number of nitrogens with one attached hydrogen (secondary N) is 1. The number of urea groups is 1. The third-order valence-electron chi connectivity index (χ3n) is 4.15. The topological polar surface area (TPSA) is 60.0 Å². The van der Waals surface area contributed by atoms with Crippen LogP contribution in [0.25, 0.3) is 0 Å². The average Bonchev–Trinajstić information content (AvgIpc) is 2.56. The van der Waals surface area contributed by atoms with Gasteiger partial charge in [0, 0.05) is 37.7 Å². The van der Waals surface area contributed by atoms with Crippen molar-refractivity contribution in [3.63, 3.8) is 0 Å². The fraction of sp³-hybridized carbons (Fsp3) is 0.562. The first-order chi connectivity index (χ1) is 10.7. The molecule has 22 heavy (non-hydrogen) atoms. The summed E-state index contributed by atoms with van der Waals surface area (Å²) < 4.78 is 16.7. The highest BCUT2D eigenvalue weighted by atomic mass is 16.7. The van der Waals surface area contributed by atoms with Crippen LogP contribution in [0.1, 0.15) is 19.3 Å².